The van der Waals surface area contributed by atoms with Crippen LogP contribution in [0.4, 0.5) is 5.69 Å². The summed E-state index contributed by atoms with van der Waals surface area (Å²) in [4.78, 5) is 25.7. The number of thiocarbonyl (C=S) groups is 1. The van der Waals surface area contributed by atoms with Gasteiger partial charge in [0.2, 0.25) is 11.8 Å². The van der Waals surface area contributed by atoms with Gasteiger partial charge < -0.3 is 10.1 Å². The normalized spacial score (nSPS) is 18.0. The SMILES string of the molecule is CCN1C(=O)C(CC(=O)Nc2ccccc2OC)SC1=S. The second-order valence-electron chi connectivity index (χ2n) is 4.41. The number of amides is 2. The van der Waals surface area contributed by atoms with Gasteiger partial charge in [-0.3, -0.25) is 14.5 Å². The number of ether oxygens (including phenoxy) is 1. The number of benzene rings is 1. The van der Waals surface area contributed by atoms with Crippen molar-refractivity contribution in [3.8, 4) is 5.75 Å². The summed E-state index contributed by atoms with van der Waals surface area (Å²) < 4.78 is 5.71. The molecule has 1 N–H and O–H groups in total. The van der Waals surface area contributed by atoms with E-state index in [0.717, 1.165) is 0 Å². The highest BCUT2D eigenvalue weighted by atomic mass is 32.2. The lowest BCUT2D eigenvalue weighted by atomic mass is 10.2. The zero-order valence-corrected chi connectivity index (χ0v) is 13.4. The van der Waals surface area contributed by atoms with Crippen molar-refractivity contribution in [2.45, 2.75) is 18.6 Å². The van der Waals surface area contributed by atoms with Gasteiger partial charge in [0.15, 0.2) is 0 Å². The van der Waals surface area contributed by atoms with Crippen LogP contribution in [0.2, 0.25) is 0 Å². The molecule has 1 saturated heterocycles. The fraction of sp³-hybridized carbons (Fsp3) is 0.357. The van der Waals surface area contributed by atoms with Crippen molar-refractivity contribution >= 4 is 45.8 Å². The first-order valence-electron chi connectivity index (χ1n) is 6.51. The summed E-state index contributed by atoms with van der Waals surface area (Å²) in [6.07, 6.45) is 0.0954. The van der Waals surface area contributed by atoms with Crippen molar-refractivity contribution in [2.75, 3.05) is 19.0 Å². The maximum absolute atomic E-state index is 12.1. The molecule has 1 aromatic carbocycles. The first-order valence-corrected chi connectivity index (χ1v) is 7.80. The van der Waals surface area contributed by atoms with Crippen molar-refractivity contribution in [1.82, 2.24) is 4.90 Å². The number of nitrogens with zero attached hydrogens (tertiary/aromatic N) is 1. The van der Waals surface area contributed by atoms with Crippen LogP contribution in [0.1, 0.15) is 13.3 Å². The molecule has 7 heteroatoms. The highest BCUT2D eigenvalue weighted by molar-refractivity contribution is 8.24. The largest absolute Gasteiger partial charge is 0.495 e. The Morgan fingerprint density at radius 1 is 1.48 bits per heavy atom. The van der Waals surface area contributed by atoms with E-state index in [1.165, 1.54) is 16.7 Å². The number of anilines is 1. The van der Waals surface area contributed by atoms with Gasteiger partial charge >= 0.3 is 0 Å². The molecule has 1 aliphatic heterocycles. The van der Waals surface area contributed by atoms with E-state index >= 15 is 0 Å². The van der Waals surface area contributed by atoms with Gasteiger partial charge in [-0.2, -0.15) is 0 Å². The molecule has 5 nitrogen and oxygen atoms in total. The Bertz CT molecular complexity index is 577. The van der Waals surface area contributed by atoms with E-state index in [-0.39, 0.29) is 18.2 Å². The molecule has 1 aliphatic rings. The molecular weight excluding hydrogens is 308 g/mol. The van der Waals surface area contributed by atoms with Crippen molar-refractivity contribution in [2.24, 2.45) is 0 Å². The Balaban J connectivity index is 2.00. The Kier molecular flexibility index (Phi) is 5.19. The number of rotatable bonds is 5. The number of carbonyl (C=O) groups excluding carboxylic acids is 2. The van der Waals surface area contributed by atoms with Gasteiger partial charge in [0.1, 0.15) is 10.1 Å². The van der Waals surface area contributed by atoms with Crippen molar-refractivity contribution in [1.29, 1.82) is 0 Å². The lowest BCUT2D eigenvalue weighted by Gasteiger charge is -2.13. The molecule has 1 atom stereocenters. The number of carbonyl (C=O) groups is 2. The zero-order valence-electron chi connectivity index (χ0n) is 11.8. The molecule has 2 amide bonds. The maximum atomic E-state index is 12.1. The molecule has 0 bridgehead atoms. The van der Waals surface area contributed by atoms with Crippen LogP contribution in [0.15, 0.2) is 24.3 Å². The third-order valence-corrected chi connectivity index (χ3v) is 4.66. The maximum Gasteiger partial charge on any atom is 0.242 e. The minimum atomic E-state index is -0.438. The summed E-state index contributed by atoms with van der Waals surface area (Å²) in [7, 11) is 1.54. The highest BCUT2D eigenvalue weighted by Crippen LogP contribution is 2.30. The number of para-hydroxylation sites is 2. The lowest BCUT2D eigenvalue weighted by Crippen LogP contribution is -2.32. The van der Waals surface area contributed by atoms with E-state index in [2.05, 4.69) is 5.32 Å². The van der Waals surface area contributed by atoms with Crippen molar-refractivity contribution in [3.63, 3.8) is 0 Å². The van der Waals surface area contributed by atoms with E-state index in [1.807, 2.05) is 19.1 Å². The second kappa shape index (κ2) is 6.91. The molecule has 0 saturated carbocycles. The van der Waals surface area contributed by atoms with E-state index in [4.69, 9.17) is 17.0 Å². The Hall–Kier alpha value is -1.60. The van der Waals surface area contributed by atoms with E-state index < -0.39 is 5.25 Å². The van der Waals surface area contributed by atoms with Crippen molar-refractivity contribution < 1.29 is 14.3 Å². The van der Waals surface area contributed by atoms with E-state index in [1.54, 1.807) is 19.2 Å². The Morgan fingerprint density at radius 2 is 2.19 bits per heavy atom. The predicted octanol–water partition coefficient (Wildman–Crippen LogP) is 2.27. The predicted molar refractivity (Wildman–Crippen MR) is 87.6 cm³/mol. The van der Waals surface area contributed by atoms with Crippen LogP contribution in [-0.4, -0.2) is 39.9 Å². The number of nitrogens with one attached hydrogen (secondary N) is 1. The Labute approximate surface area is 133 Å². The molecule has 0 spiro atoms. The molecule has 1 aromatic rings. The van der Waals surface area contributed by atoms with Crippen LogP contribution in [-0.2, 0) is 9.59 Å². The quantitative estimate of drug-likeness (QED) is 0.842. The van der Waals surface area contributed by atoms with Gasteiger partial charge in [-0.1, -0.05) is 36.1 Å². The molecule has 1 fully saturated rings. The molecule has 1 unspecified atom stereocenters. The van der Waals surface area contributed by atoms with Gasteiger partial charge in [0, 0.05) is 13.0 Å². The second-order valence-corrected chi connectivity index (χ2v) is 6.24. The van der Waals surface area contributed by atoms with Crippen LogP contribution in [0, 0.1) is 0 Å². The van der Waals surface area contributed by atoms with Crippen LogP contribution >= 0.6 is 24.0 Å². The average molecular weight is 324 g/mol. The van der Waals surface area contributed by atoms with Gasteiger partial charge in [-0.25, -0.2) is 0 Å². The van der Waals surface area contributed by atoms with Crippen LogP contribution in [0.5, 0.6) is 5.75 Å². The summed E-state index contributed by atoms with van der Waals surface area (Å²) in [6, 6.07) is 7.15. The van der Waals surface area contributed by atoms with Gasteiger partial charge in [0.25, 0.3) is 0 Å². The summed E-state index contributed by atoms with van der Waals surface area (Å²) in [6.45, 7) is 2.40. The molecule has 21 heavy (non-hydrogen) atoms. The highest BCUT2D eigenvalue weighted by Gasteiger charge is 2.37. The molecular formula is C14H16N2O3S2. The van der Waals surface area contributed by atoms with E-state index in [0.29, 0.717) is 22.3 Å². The monoisotopic (exact) mass is 324 g/mol. The fourth-order valence-electron chi connectivity index (χ4n) is 2.03. The van der Waals surface area contributed by atoms with Crippen LogP contribution in [0.25, 0.3) is 0 Å². The number of hydrogen-bond acceptors (Lipinski definition) is 5. The lowest BCUT2D eigenvalue weighted by molar-refractivity contribution is -0.128. The standard InChI is InChI=1S/C14H16N2O3S2/c1-3-16-13(18)11(21-14(16)20)8-12(17)15-9-6-4-5-7-10(9)19-2/h4-7,11H,3,8H2,1-2H3,(H,15,17). The molecule has 0 radical (unpaired) electrons. The molecule has 0 aromatic heterocycles. The first-order chi connectivity index (χ1) is 10.1. The third kappa shape index (κ3) is 3.54. The number of methoxy groups -OCH3 is 1. The van der Waals surface area contributed by atoms with Crippen LogP contribution < -0.4 is 10.1 Å². The number of hydrogen-bond donors (Lipinski definition) is 1. The summed E-state index contributed by atoms with van der Waals surface area (Å²) in [5.41, 5.74) is 0.593. The molecule has 2 rings (SSSR count). The summed E-state index contributed by atoms with van der Waals surface area (Å²) in [5, 5.41) is 2.33. The topological polar surface area (TPSA) is 58.6 Å². The summed E-state index contributed by atoms with van der Waals surface area (Å²) >= 11 is 6.40. The minimum absolute atomic E-state index is 0.0947. The smallest absolute Gasteiger partial charge is 0.242 e. The van der Waals surface area contributed by atoms with Gasteiger partial charge in [-0.05, 0) is 19.1 Å². The van der Waals surface area contributed by atoms with E-state index in [9.17, 15) is 9.59 Å². The Morgan fingerprint density at radius 3 is 2.81 bits per heavy atom. The average Bonchev–Trinajstić information content (AvgIpc) is 2.73. The first kappa shape index (κ1) is 15.8. The molecule has 1 heterocycles. The summed E-state index contributed by atoms with van der Waals surface area (Å²) in [5.74, 6) is 0.260. The fourth-order valence-corrected chi connectivity index (χ4v) is 3.65. The van der Waals surface area contributed by atoms with Gasteiger partial charge in [-0.15, -0.1) is 0 Å². The number of thioether (sulfide) groups is 1. The van der Waals surface area contributed by atoms with Gasteiger partial charge in [0.05, 0.1) is 18.0 Å². The molecule has 0 aliphatic carbocycles. The third-order valence-electron chi connectivity index (χ3n) is 3.07. The van der Waals surface area contributed by atoms with Crippen molar-refractivity contribution in [3.05, 3.63) is 24.3 Å². The van der Waals surface area contributed by atoms with Crippen LogP contribution in [0.3, 0.4) is 0 Å². The zero-order chi connectivity index (χ0) is 15.4. The molecule has 112 valence electrons. The minimum Gasteiger partial charge on any atom is -0.495 e.